The Morgan fingerprint density at radius 3 is 2.72 bits per heavy atom. The van der Waals surface area contributed by atoms with E-state index in [4.69, 9.17) is 27.9 Å². The van der Waals surface area contributed by atoms with Crippen LogP contribution in [0.5, 0.6) is 5.75 Å². The van der Waals surface area contributed by atoms with Crippen LogP contribution in [0.15, 0.2) is 36.4 Å². The first-order valence-corrected chi connectivity index (χ1v) is 9.84. The van der Waals surface area contributed by atoms with Crippen LogP contribution in [-0.2, 0) is 6.42 Å². The van der Waals surface area contributed by atoms with Crippen molar-refractivity contribution >= 4 is 51.6 Å². The average molecular weight is 434 g/mol. The number of methoxy groups -OCH3 is 1. The van der Waals surface area contributed by atoms with Crippen LogP contribution in [0.4, 0.5) is 16.3 Å². The highest BCUT2D eigenvalue weighted by atomic mass is 35.5. The molecule has 0 bridgehead atoms. The Morgan fingerprint density at radius 1 is 1.14 bits per heavy atom. The smallest absolute Gasteiger partial charge is 0.319 e. The highest BCUT2D eigenvalue weighted by Gasteiger charge is 2.11. The topological polar surface area (TPSA) is 88.2 Å². The third-order valence-electron chi connectivity index (χ3n) is 4.11. The number of aryl methyl sites for hydroxylation is 1. The molecule has 152 valence electrons. The van der Waals surface area contributed by atoms with E-state index in [1.165, 1.54) is 0 Å². The molecule has 29 heavy (non-hydrogen) atoms. The fraction of sp³-hybridized carbons (Fsp3) is 0.250. The molecule has 2 amide bonds. The quantitative estimate of drug-likeness (QED) is 0.468. The van der Waals surface area contributed by atoms with Crippen molar-refractivity contribution in [2.75, 3.05) is 30.8 Å². The van der Waals surface area contributed by atoms with Gasteiger partial charge >= 0.3 is 6.03 Å². The molecule has 0 spiro atoms. The van der Waals surface area contributed by atoms with E-state index >= 15 is 0 Å². The lowest BCUT2D eigenvalue weighted by atomic mass is 10.2. The van der Waals surface area contributed by atoms with E-state index in [0.717, 1.165) is 5.39 Å². The minimum atomic E-state index is -0.312. The van der Waals surface area contributed by atoms with Gasteiger partial charge in [-0.2, -0.15) is 0 Å². The van der Waals surface area contributed by atoms with Gasteiger partial charge in [-0.25, -0.2) is 14.8 Å². The van der Waals surface area contributed by atoms with E-state index in [9.17, 15) is 4.79 Å². The molecule has 1 aromatic heterocycles. The molecule has 0 saturated carbocycles. The second-order valence-electron chi connectivity index (χ2n) is 6.17. The number of carbonyl (C=O) groups is 1. The van der Waals surface area contributed by atoms with E-state index in [0.29, 0.717) is 58.2 Å². The summed E-state index contributed by atoms with van der Waals surface area (Å²) in [4.78, 5) is 21.1. The Bertz CT molecular complexity index is 1030. The molecule has 0 aliphatic heterocycles. The van der Waals surface area contributed by atoms with Crippen LogP contribution in [-0.4, -0.2) is 36.2 Å². The Balaban J connectivity index is 1.61. The number of anilines is 2. The van der Waals surface area contributed by atoms with Crippen molar-refractivity contribution in [2.45, 2.75) is 13.3 Å². The highest BCUT2D eigenvalue weighted by Crippen LogP contribution is 2.30. The number of hydrogen-bond donors (Lipinski definition) is 3. The maximum Gasteiger partial charge on any atom is 0.319 e. The lowest BCUT2D eigenvalue weighted by Crippen LogP contribution is -2.32. The SMILES string of the molecule is CCc1nc(NCCNC(=O)Nc2cccc(OC)c2)c2cc(Cl)cc(Cl)c2n1. The third-order valence-corrected chi connectivity index (χ3v) is 4.62. The molecule has 7 nitrogen and oxygen atoms in total. The summed E-state index contributed by atoms with van der Waals surface area (Å²) in [7, 11) is 1.58. The summed E-state index contributed by atoms with van der Waals surface area (Å²) in [5, 5.41) is 10.5. The summed E-state index contributed by atoms with van der Waals surface area (Å²) < 4.78 is 5.14. The second-order valence-corrected chi connectivity index (χ2v) is 7.01. The Kier molecular flexibility index (Phi) is 6.95. The van der Waals surface area contributed by atoms with Gasteiger partial charge in [0.25, 0.3) is 0 Å². The lowest BCUT2D eigenvalue weighted by molar-refractivity contribution is 0.252. The molecule has 0 aliphatic rings. The van der Waals surface area contributed by atoms with Crippen molar-refractivity contribution in [1.82, 2.24) is 15.3 Å². The van der Waals surface area contributed by atoms with E-state index in [2.05, 4.69) is 25.9 Å². The van der Waals surface area contributed by atoms with Crippen molar-refractivity contribution in [3.63, 3.8) is 0 Å². The number of urea groups is 1. The first-order chi connectivity index (χ1) is 14.0. The maximum absolute atomic E-state index is 12.1. The standard InChI is InChI=1S/C20H21Cl2N5O2/c1-3-17-26-18-15(9-12(21)10-16(18)22)19(27-17)23-7-8-24-20(28)25-13-5-4-6-14(11-13)29-2/h4-6,9-11H,3,7-8H2,1-2H3,(H,23,26,27)(H2,24,25,28). The van der Waals surface area contributed by atoms with Gasteiger partial charge in [0.05, 0.1) is 17.6 Å². The molecule has 0 radical (unpaired) electrons. The zero-order valence-corrected chi connectivity index (χ0v) is 17.6. The summed E-state index contributed by atoms with van der Waals surface area (Å²) >= 11 is 12.4. The summed E-state index contributed by atoms with van der Waals surface area (Å²) in [6, 6.07) is 10.3. The lowest BCUT2D eigenvalue weighted by Gasteiger charge is -2.12. The van der Waals surface area contributed by atoms with Crippen LogP contribution in [0.25, 0.3) is 10.9 Å². The number of halogens is 2. The monoisotopic (exact) mass is 433 g/mol. The minimum Gasteiger partial charge on any atom is -0.497 e. The van der Waals surface area contributed by atoms with Crippen LogP contribution in [0, 0.1) is 0 Å². The fourth-order valence-corrected chi connectivity index (χ4v) is 3.27. The predicted molar refractivity (Wildman–Crippen MR) is 117 cm³/mol. The Hall–Kier alpha value is -2.77. The second kappa shape index (κ2) is 9.62. The number of benzene rings is 2. The normalized spacial score (nSPS) is 10.6. The van der Waals surface area contributed by atoms with Gasteiger partial charge in [-0.05, 0) is 24.3 Å². The molecule has 0 saturated heterocycles. The van der Waals surface area contributed by atoms with Gasteiger partial charge in [0.2, 0.25) is 0 Å². The number of rotatable bonds is 7. The molecular formula is C20H21Cl2N5O2. The third kappa shape index (κ3) is 5.40. The number of amides is 2. The van der Waals surface area contributed by atoms with Gasteiger partial charge in [-0.15, -0.1) is 0 Å². The minimum absolute atomic E-state index is 0.312. The van der Waals surface area contributed by atoms with Gasteiger partial charge in [-0.1, -0.05) is 36.2 Å². The number of hydrogen-bond acceptors (Lipinski definition) is 5. The van der Waals surface area contributed by atoms with Gasteiger partial charge in [0.1, 0.15) is 17.4 Å². The molecule has 0 atom stereocenters. The van der Waals surface area contributed by atoms with E-state index in [-0.39, 0.29) is 6.03 Å². The molecule has 1 heterocycles. The number of nitrogens with one attached hydrogen (secondary N) is 3. The molecule has 3 rings (SSSR count). The van der Waals surface area contributed by atoms with Crippen molar-refractivity contribution in [2.24, 2.45) is 0 Å². The number of ether oxygens (including phenoxy) is 1. The van der Waals surface area contributed by atoms with Crippen molar-refractivity contribution < 1.29 is 9.53 Å². The molecular weight excluding hydrogens is 413 g/mol. The van der Waals surface area contributed by atoms with Crippen molar-refractivity contribution in [3.05, 3.63) is 52.3 Å². The zero-order valence-electron chi connectivity index (χ0n) is 16.1. The average Bonchev–Trinajstić information content (AvgIpc) is 2.71. The highest BCUT2D eigenvalue weighted by molar-refractivity contribution is 6.38. The maximum atomic E-state index is 12.1. The number of aromatic nitrogens is 2. The van der Waals surface area contributed by atoms with E-state index in [1.807, 2.05) is 13.0 Å². The van der Waals surface area contributed by atoms with E-state index < -0.39 is 0 Å². The number of carbonyl (C=O) groups excluding carboxylic acids is 1. The predicted octanol–water partition coefficient (Wildman–Crippen LogP) is 4.74. The Morgan fingerprint density at radius 2 is 1.97 bits per heavy atom. The van der Waals surface area contributed by atoms with Crippen LogP contribution < -0.4 is 20.7 Å². The van der Waals surface area contributed by atoms with Gasteiger partial charge in [0.15, 0.2) is 0 Å². The first-order valence-electron chi connectivity index (χ1n) is 9.08. The van der Waals surface area contributed by atoms with Gasteiger partial charge in [-0.3, -0.25) is 0 Å². The van der Waals surface area contributed by atoms with Crippen molar-refractivity contribution in [3.8, 4) is 5.75 Å². The zero-order chi connectivity index (χ0) is 20.8. The first kappa shape index (κ1) is 21.0. The van der Waals surface area contributed by atoms with E-state index in [1.54, 1.807) is 37.4 Å². The van der Waals surface area contributed by atoms with Crippen LogP contribution >= 0.6 is 23.2 Å². The largest absolute Gasteiger partial charge is 0.497 e. The Labute approximate surface area is 178 Å². The molecule has 3 aromatic rings. The fourth-order valence-electron chi connectivity index (χ4n) is 2.73. The molecule has 0 fully saturated rings. The molecule has 3 N–H and O–H groups in total. The summed E-state index contributed by atoms with van der Waals surface area (Å²) in [5.41, 5.74) is 1.29. The molecule has 0 unspecified atom stereocenters. The van der Waals surface area contributed by atoms with Crippen molar-refractivity contribution in [1.29, 1.82) is 0 Å². The number of fused-ring (bicyclic) bond motifs is 1. The summed E-state index contributed by atoms with van der Waals surface area (Å²) in [6.45, 7) is 2.82. The van der Waals surface area contributed by atoms with Gasteiger partial charge < -0.3 is 20.7 Å². The molecule has 9 heteroatoms. The number of nitrogens with zero attached hydrogens (tertiary/aromatic N) is 2. The molecule has 2 aromatic carbocycles. The summed E-state index contributed by atoms with van der Waals surface area (Å²) in [5.74, 6) is 1.98. The van der Waals surface area contributed by atoms with Crippen LogP contribution in [0.1, 0.15) is 12.7 Å². The molecule has 0 aliphatic carbocycles. The van der Waals surface area contributed by atoms with Crippen LogP contribution in [0.2, 0.25) is 10.0 Å². The summed E-state index contributed by atoms with van der Waals surface area (Å²) in [6.07, 6.45) is 0.671. The van der Waals surface area contributed by atoms with Gasteiger partial charge in [0, 0.05) is 41.7 Å². The van der Waals surface area contributed by atoms with Crippen LogP contribution in [0.3, 0.4) is 0 Å².